The highest BCUT2D eigenvalue weighted by Gasteiger charge is 2.19. The summed E-state index contributed by atoms with van der Waals surface area (Å²) in [5.74, 6) is -0.326. The van der Waals surface area contributed by atoms with Gasteiger partial charge >= 0.3 is 5.97 Å². The number of esters is 1. The standard InChI is InChI=1S/C22H21N3O4S2/c1-14(20(27)24-18-11-7-6-10-17(18)21(28)29-2)31-22-23-15(12-19(26)25-22)13-30-16-8-4-3-5-9-16/h3-12,14H,13H2,1-2H3,(H,24,27)(H,23,25,26). The highest BCUT2D eigenvalue weighted by Crippen LogP contribution is 2.24. The number of rotatable bonds is 8. The normalized spacial score (nSPS) is 11.5. The first-order valence-corrected chi connectivity index (χ1v) is 11.3. The first-order chi connectivity index (χ1) is 15.0. The van der Waals surface area contributed by atoms with Crippen LogP contribution in [-0.4, -0.2) is 34.2 Å². The van der Waals surface area contributed by atoms with E-state index in [4.69, 9.17) is 4.74 Å². The predicted octanol–water partition coefficient (Wildman–Crippen LogP) is 3.97. The van der Waals surface area contributed by atoms with E-state index in [1.807, 2.05) is 30.3 Å². The van der Waals surface area contributed by atoms with Crippen molar-refractivity contribution in [1.29, 1.82) is 0 Å². The maximum Gasteiger partial charge on any atom is 0.339 e. The summed E-state index contributed by atoms with van der Waals surface area (Å²) < 4.78 is 4.75. The van der Waals surface area contributed by atoms with E-state index in [1.165, 1.54) is 13.2 Å². The van der Waals surface area contributed by atoms with Crippen LogP contribution in [0.15, 0.2) is 75.5 Å². The number of aromatic nitrogens is 2. The number of methoxy groups -OCH3 is 1. The third-order valence-corrected chi connectivity index (χ3v) is 6.18. The van der Waals surface area contributed by atoms with E-state index in [1.54, 1.807) is 43.0 Å². The average Bonchev–Trinajstić information content (AvgIpc) is 2.78. The topological polar surface area (TPSA) is 101 Å². The SMILES string of the molecule is COC(=O)c1ccccc1NC(=O)C(C)Sc1nc(CSc2ccccc2)cc(=O)[nH]1. The molecule has 2 N–H and O–H groups in total. The zero-order chi connectivity index (χ0) is 22.2. The van der Waals surface area contributed by atoms with E-state index in [0.717, 1.165) is 16.7 Å². The summed E-state index contributed by atoms with van der Waals surface area (Å²) in [6.07, 6.45) is 0. The van der Waals surface area contributed by atoms with E-state index >= 15 is 0 Å². The lowest BCUT2D eigenvalue weighted by Crippen LogP contribution is -2.24. The number of nitrogens with one attached hydrogen (secondary N) is 2. The van der Waals surface area contributed by atoms with Crippen molar-refractivity contribution in [2.45, 2.75) is 28.0 Å². The summed E-state index contributed by atoms with van der Waals surface area (Å²) in [5.41, 5.74) is 0.983. The predicted molar refractivity (Wildman–Crippen MR) is 123 cm³/mol. The Hall–Kier alpha value is -3.04. The molecule has 3 rings (SSSR count). The van der Waals surface area contributed by atoms with Crippen molar-refractivity contribution in [2.75, 3.05) is 12.4 Å². The number of para-hydroxylation sites is 1. The third-order valence-electron chi connectivity index (χ3n) is 4.15. The minimum atomic E-state index is -0.564. The van der Waals surface area contributed by atoms with Crippen molar-refractivity contribution in [3.8, 4) is 0 Å². The monoisotopic (exact) mass is 455 g/mol. The molecule has 1 aromatic heterocycles. The molecule has 7 nitrogen and oxygen atoms in total. The number of hydrogen-bond donors (Lipinski definition) is 2. The van der Waals surface area contributed by atoms with Crippen LogP contribution in [0.25, 0.3) is 0 Å². The van der Waals surface area contributed by atoms with Crippen molar-refractivity contribution in [1.82, 2.24) is 9.97 Å². The Kier molecular flexibility index (Phi) is 7.91. The molecule has 1 heterocycles. The Bertz CT molecular complexity index is 1120. The highest BCUT2D eigenvalue weighted by atomic mass is 32.2. The number of aromatic amines is 1. The summed E-state index contributed by atoms with van der Waals surface area (Å²) in [4.78, 5) is 44.8. The summed E-state index contributed by atoms with van der Waals surface area (Å²) in [6.45, 7) is 1.70. The van der Waals surface area contributed by atoms with Crippen LogP contribution in [0.5, 0.6) is 0 Å². The largest absolute Gasteiger partial charge is 0.465 e. The number of thioether (sulfide) groups is 2. The molecule has 0 saturated heterocycles. The minimum Gasteiger partial charge on any atom is -0.465 e. The van der Waals surface area contributed by atoms with Gasteiger partial charge in [-0.1, -0.05) is 42.1 Å². The molecule has 0 aliphatic heterocycles. The fourth-order valence-electron chi connectivity index (χ4n) is 2.62. The maximum atomic E-state index is 12.7. The molecular formula is C22H21N3O4S2. The number of hydrogen-bond acceptors (Lipinski definition) is 7. The van der Waals surface area contributed by atoms with Gasteiger partial charge in [0.05, 0.1) is 29.3 Å². The Labute approximate surface area is 188 Å². The van der Waals surface area contributed by atoms with Crippen molar-refractivity contribution in [3.05, 3.63) is 82.3 Å². The number of anilines is 1. The molecule has 1 atom stereocenters. The highest BCUT2D eigenvalue weighted by molar-refractivity contribution is 8.00. The van der Waals surface area contributed by atoms with Crippen LogP contribution >= 0.6 is 23.5 Å². The molecule has 1 amide bonds. The molecule has 160 valence electrons. The molecule has 2 aromatic carbocycles. The van der Waals surface area contributed by atoms with Crippen molar-refractivity contribution in [3.63, 3.8) is 0 Å². The molecule has 9 heteroatoms. The lowest BCUT2D eigenvalue weighted by Gasteiger charge is -2.14. The van der Waals surface area contributed by atoms with Gasteiger partial charge in [0.25, 0.3) is 5.56 Å². The number of amides is 1. The van der Waals surface area contributed by atoms with Gasteiger partial charge in [-0.3, -0.25) is 9.59 Å². The van der Waals surface area contributed by atoms with E-state index in [2.05, 4.69) is 15.3 Å². The molecule has 0 radical (unpaired) electrons. The van der Waals surface area contributed by atoms with E-state index < -0.39 is 11.2 Å². The van der Waals surface area contributed by atoms with Gasteiger partial charge in [-0.15, -0.1) is 11.8 Å². The number of H-pyrrole nitrogens is 1. The number of carbonyl (C=O) groups excluding carboxylic acids is 2. The Morgan fingerprint density at radius 2 is 1.84 bits per heavy atom. The molecule has 0 bridgehead atoms. The quantitative estimate of drug-likeness (QED) is 0.301. The summed E-state index contributed by atoms with van der Waals surface area (Å²) in [7, 11) is 1.28. The number of carbonyl (C=O) groups is 2. The Morgan fingerprint density at radius 1 is 1.13 bits per heavy atom. The zero-order valence-electron chi connectivity index (χ0n) is 17.0. The molecule has 3 aromatic rings. The second kappa shape index (κ2) is 10.8. The Balaban J connectivity index is 1.67. The average molecular weight is 456 g/mol. The van der Waals surface area contributed by atoms with E-state index in [-0.39, 0.29) is 17.0 Å². The second-order valence-corrected chi connectivity index (χ2v) is 8.81. The zero-order valence-corrected chi connectivity index (χ0v) is 18.6. The number of nitrogens with zero attached hydrogens (tertiary/aromatic N) is 1. The second-order valence-electron chi connectivity index (χ2n) is 6.43. The van der Waals surface area contributed by atoms with Gasteiger partial charge in [0.15, 0.2) is 5.16 Å². The van der Waals surface area contributed by atoms with Gasteiger partial charge in [0, 0.05) is 16.7 Å². The van der Waals surface area contributed by atoms with E-state index in [0.29, 0.717) is 22.3 Å². The first kappa shape index (κ1) is 22.6. The van der Waals surface area contributed by atoms with Gasteiger partial charge in [0.2, 0.25) is 5.91 Å². The van der Waals surface area contributed by atoms with Crippen LogP contribution in [0.1, 0.15) is 23.0 Å². The third kappa shape index (κ3) is 6.47. The maximum absolute atomic E-state index is 12.7. The van der Waals surface area contributed by atoms with Gasteiger partial charge in [-0.25, -0.2) is 9.78 Å². The summed E-state index contributed by atoms with van der Waals surface area (Å²) in [5, 5.41) is 2.53. The van der Waals surface area contributed by atoms with Crippen LogP contribution in [-0.2, 0) is 15.3 Å². The number of benzene rings is 2. The van der Waals surface area contributed by atoms with Gasteiger partial charge in [0.1, 0.15) is 0 Å². The van der Waals surface area contributed by atoms with Gasteiger partial charge in [-0.2, -0.15) is 0 Å². The minimum absolute atomic E-state index is 0.266. The fraction of sp³-hybridized carbons (Fsp3) is 0.182. The molecule has 0 saturated carbocycles. The smallest absolute Gasteiger partial charge is 0.339 e. The summed E-state index contributed by atoms with van der Waals surface area (Å²) in [6, 6.07) is 17.9. The lowest BCUT2D eigenvalue weighted by atomic mass is 10.2. The van der Waals surface area contributed by atoms with Gasteiger partial charge < -0.3 is 15.0 Å². The molecule has 0 spiro atoms. The molecule has 0 aliphatic carbocycles. The molecule has 0 fully saturated rings. The molecule has 31 heavy (non-hydrogen) atoms. The van der Waals surface area contributed by atoms with Crippen LogP contribution in [0.4, 0.5) is 5.69 Å². The van der Waals surface area contributed by atoms with Crippen LogP contribution in [0, 0.1) is 0 Å². The summed E-state index contributed by atoms with van der Waals surface area (Å²) >= 11 is 2.71. The molecular weight excluding hydrogens is 434 g/mol. The lowest BCUT2D eigenvalue weighted by molar-refractivity contribution is -0.115. The van der Waals surface area contributed by atoms with Crippen molar-refractivity contribution < 1.29 is 14.3 Å². The fourth-order valence-corrected chi connectivity index (χ4v) is 4.26. The van der Waals surface area contributed by atoms with Crippen molar-refractivity contribution in [2.24, 2.45) is 0 Å². The van der Waals surface area contributed by atoms with Crippen LogP contribution < -0.4 is 10.9 Å². The number of ether oxygens (including phenoxy) is 1. The molecule has 0 aliphatic rings. The Morgan fingerprint density at radius 3 is 2.58 bits per heavy atom. The molecule has 1 unspecified atom stereocenters. The van der Waals surface area contributed by atoms with Crippen LogP contribution in [0.3, 0.4) is 0 Å². The van der Waals surface area contributed by atoms with Crippen LogP contribution in [0.2, 0.25) is 0 Å². The van der Waals surface area contributed by atoms with E-state index in [9.17, 15) is 14.4 Å². The first-order valence-electron chi connectivity index (χ1n) is 9.39. The van der Waals surface area contributed by atoms with Gasteiger partial charge in [-0.05, 0) is 31.2 Å². The van der Waals surface area contributed by atoms with Crippen molar-refractivity contribution >= 4 is 41.1 Å².